The first-order valence-electron chi connectivity index (χ1n) is 6.76. The van der Waals surface area contributed by atoms with E-state index >= 15 is 0 Å². The van der Waals surface area contributed by atoms with Crippen molar-refractivity contribution in [2.75, 3.05) is 11.9 Å². The first kappa shape index (κ1) is 14.7. The van der Waals surface area contributed by atoms with Gasteiger partial charge in [-0.3, -0.25) is 4.98 Å². The molecule has 3 nitrogen and oxygen atoms in total. The second kappa shape index (κ2) is 5.37. The Morgan fingerprint density at radius 1 is 1.30 bits per heavy atom. The van der Waals surface area contributed by atoms with E-state index in [1.54, 1.807) is 6.07 Å². The summed E-state index contributed by atoms with van der Waals surface area (Å²) in [6, 6.07) is 6.41. The van der Waals surface area contributed by atoms with Crippen LogP contribution in [0.3, 0.4) is 0 Å². The Labute approximate surface area is 118 Å². The molecule has 1 aromatic heterocycles. The summed E-state index contributed by atoms with van der Waals surface area (Å²) in [5.74, 6) is -0.289. The van der Waals surface area contributed by atoms with Crippen molar-refractivity contribution in [1.82, 2.24) is 4.98 Å². The Kier molecular flexibility index (Phi) is 3.95. The number of benzene rings is 1. The minimum absolute atomic E-state index is 0.198. The summed E-state index contributed by atoms with van der Waals surface area (Å²) in [7, 11) is 0. The van der Waals surface area contributed by atoms with Gasteiger partial charge in [0.05, 0.1) is 11.6 Å². The standard InChI is InChI=1S/C16H21FN2O/c1-10-7-14(18-9-15(20)16(2,3)4)12-8-11(17)5-6-13(12)19-10/h5-8,15,20H,9H2,1-4H3,(H,18,19). The van der Waals surface area contributed by atoms with E-state index in [0.29, 0.717) is 6.54 Å². The number of pyridine rings is 1. The van der Waals surface area contributed by atoms with E-state index in [9.17, 15) is 9.50 Å². The van der Waals surface area contributed by atoms with Gasteiger partial charge < -0.3 is 10.4 Å². The van der Waals surface area contributed by atoms with Crippen LogP contribution in [0.5, 0.6) is 0 Å². The molecule has 4 heteroatoms. The number of nitrogens with one attached hydrogen (secondary N) is 1. The van der Waals surface area contributed by atoms with Crippen molar-refractivity contribution >= 4 is 16.6 Å². The Balaban J connectivity index is 2.31. The molecule has 0 amide bonds. The van der Waals surface area contributed by atoms with Crippen molar-refractivity contribution in [3.8, 4) is 0 Å². The van der Waals surface area contributed by atoms with Crippen LogP contribution in [0.25, 0.3) is 10.9 Å². The highest BCUT2D eigenvalue weighted by atomic mass is 19.1. The van der Waals surface area contributed by atoms with E-state index in [2.05, 4.69) is 10.3 Å². The van der Waals surface area contributed by atoms with E-state index in [1.165, 1.54) is 12.1 Å². The number of aromatic nitrogens is 1. The summed E-state index contributed by atoms with van der Waals surface area (Å²) in [5.41, 5.74) is 2.21. The fourth-order valence-corrected chi connectivity index (χ4v) is 1.99. The predicted molar refractivity (Wildman–Crippen MR) is 80.4 cm³/mol. The van der Waals surface area contributed by atoms with Gasteiger partial charge >= 0.3 is 0 Å². The zero-order valence-electron chi connectivity index (χ0n) is 12.4. The molecule has 1 atom stereocenters. The van der Waals surface area contributed by atoms with Gasteiger partial charge in [-0.15, -0.1) is 0 Å². The maximum absolute atomic E-state index is 13.4. The Bertz CT molecular complexity index is 620. The molecule has 0 saturated carbocycles. The Morgan fingerprint density at radius 3 is 2.65 bits per heavy atom. The minimum atomic E-state index is -0.486. The topological polar surface area (TPSA) is 45.1 Å². The molecule has 0 bridgehead atoms. The van der Waals surface area contributed by atoms with Crippen LogP contribution >= 0.6 is 0 Å². The van der Waals surface area contributed by atoms with Crippen LogP contribution in [0, 0.1) is 18.2 Å². The summed E-state index contributed by atoms with van der Waals surface area (Å²) >= 11 is 0. The van der Waals surface area contributed by atoms with E-state index < -0.39 is 6.10 Å². The zero-order valence-corrected chi connectivity index (χ0v) is 12.4. The molecule has 1 aromatic carbocycles. The average molecular weight is 276 g/mol. The lowest BCUT2D eigenvalue weighted by Crippen LogP contribution is -2.32. The number of hydrogen-bond acceptors (Lipinski definition) is 3. The van der Waals surface area contributed by atoms with Crippen LogP contribution in [0.4, 0.5) is 10.1 Å². The first-order chi connectivity index (χ1) is 9.27. The summed E-state index contributed by atoms with van der Waals surface area (Å²) in [6.07, 6.45) is -0.486. The highest BCUT2D eigenvalue weighted by Crippen LogP contribution is 2.25. The summed E-state index contributed by atoms with van der Waals surface area (Å²) in [5, 5.41) is 14.0. The van der Waals surface area contributed by atoms with E-state index in [0.717, 1.165) is 22.3 Å². The lowest BCUT2D eigenvalue weighted by Gasteiger charge is -2.26. The van der Waals surface area contributed by atoms with Gasteiger partial charge in [-0.25, -0.2) is 4.39 Å². The van der Waals surface area contributed by atoms with Crippen molar-refractivity contribution < 1.29 is 9.50 Å². The summed E-state index contributed by atoms with van der Waals surface area (Å²) in [4.78, 5) is 4.38. The van der Waals surface area contributed by atoms with Crippen LogP contribution in [0.2, 0.25) is 0 Å². The third-order valence-corrected chi connectivity index (χ3v) is 3.38. The summed E-state index contributed by atoms with van der Waals surface area (Å²) < 4.78 is 13.4. The fourth-order valence-electron chi connectivity index (χ4n) is 1.99. The SMILES string of the molecule is Cc1cc(NCC(O)C(C)(C)C)c2cc(F)ccc2n1. The zero-order chi connectivity index (χ0) is 14.9. The Morgan fingerprint density at radius 2 is 2.00 bits per heavy atom. The molecule has 0 aliphatic carbocycles. The predicted octanol–water partition coefficient (Wildman–Crippen LogP) is 3.50. The largest absolute Gasteiger partial charge is 0.391 e. The number of halogens is 1. The molecule has 0 aliphatic rings. The van der Waals surface area contributed by atoms with Crippen molar-refractivity contribution in [3.05, 3.63) is 35.8 Å². The number of aryl methyl sites for hydroxylation is 1. The van der Waals surface area contributed by atoms with Gasteiger partial charge in [-0.05, 0) is 36.6 Å². The smallest absolute Gasteiger partial charge is 0.124 e. The second-order valence-corrected chi connectivity index (χ2v) is 6.24. The number of nitrogens with zero attached hydrogens (tertiary/aromatic N) is 1. The van der Waals surface area contributed by atoms with E-state index in [-0.39, 0.29) is 11.2 Å². The molecule has 0 fully saturated rings. The number of hydrogen-bond donors (Lipinski definition) is 2. The Hall–Kier alpha value is -1.68. The van der Waals surface area contributed by atoms with Crippen LogP contribution in [-0.2, 0) is 0 Å². The van der Waals surface area contributed by atoms with Crippen LogP contribution in [0.1, 0.15) is 26.5 Å². The molecular formula is C16H21FN2O. The minimum Gasteiger partial charge on any atom is -0.391 e. The normalized spacial score (nSPS) is 13.5. The quantitative estimate of drug-likeness (QED) is 0.902. The second-order valence-electron chi connectivity index (χ2n) is 6.24. The molecule has 2 N–H and O–H groups in total. The van der Waals surface area contributed by atoms with Crippen molar-refractivity contribution in [2.45, 2.75) is 33.8 Å². The molecule has 2 aromatic rings. The van der Waals surface area contributed by atoms with Gasteiger partial charge in [0.25, 0.3) is 0 Å². The number of rotatable bonds is 3. The summed E-state index contributed by atoms with van der Waals surface area (Å²) in [6.45, 7) is 8.26. The molecule has 0 spiro atoms. The number of aliphatic hydroxyl groups is 1. The maximum atomic E-state index is 13.4. The van der Waals surface area contributed by atoms with Crippen molar-refractivity contribution in [1.29, 1.82) is 0 Å². The maximum Gasteiger partial charge on any atom is 0.124 e. The molecule has 108 valence electrons. The lowest BCUT2D eigenvalue weighted by atomic mass is 9.89. The first-order valence-corrected chi connectivity index (χ1v) is 6.76. The average Bonchev–Trinajstić information content (AvgIpc) is 2.35. The third kappa shape index (κ3) is 3.25. The molecular weight excluding hydrogens is 255 g/mol. The third-order valence-electron chi connectivity index (χ3n) is 3.38. The van der Waals surface area contributed by atoms with Gasteiger partial charge in [0, 0.05) is 23.3 Å². The molecule has 0 aliphatic heterocycles. The van der Waals surface area contributed by atoms with Crippen LogP contribution < -0.4 is 5.32 Å². The van der Waals surface area contributed by atoms with Gasteiger partial charge in [0.1, 0.15) is 5.82 Å². The molecule has 0 saturated heterocycles. The highest BCUT2D eigenvalue weighted by molar-refractivity contribution is 5.91. The van der Waals surface area contributed by atoms with Gasteiger partial charge in [-0.2, -0.15) is 0 Å². The van der Waals surface area contributed by atoms with Gasteiger partial charge in [0.15, 0.2) is 0 Å². The van der Waals surface area contributed by atoms with Crippen molar-refractivity contribution in [3.63, 3.8) is 0 Å². The van der Waals surface area contributed by atoms with Gasteiger partial charge in [-0.1, -0.05) is 20.8 Å². The molecule has 20 heavy (non-hydrogen) atoms. The molecule has 0 radical (unpaired) electrons. The van der Waals surface area contributed by atoms with Crippen molar-refractivity contribution in [2.24, 2.45) is 5.41 Å². The fraction of sp³-hybridized carbons (Fsp3) is 0.438. The molecule has 1 unspecified atom stereocenters. The highest BCUT2D eigenvalue weighted by Gasteiger charge is 2.21. The van der Waals surface area contributed by atoms with Crippen LogP contribution in [-0.4, -0.2) is 22.7 Å². The van der Waals surface area contributed by atoms with Crippen LogP contribution in [0.15, 0.2) is 24.3 Å². The van der Waals surface area contributed by atoms with E-state index in [4.69, 9.17) is 0 Å². The monoisotopic (exact) mass is 276 g/mol. The number of anilines is 1. The number of fused-ring (bicyclic) bond motifs is 1. The molecule has 2 rings (SSSR count). The number of aliphatic hydroxyl groups excluding tert-OH is 1. The molecule has 1 heterocycles. The lowest BCUT2D eigenvalue weighted by molar-refractivity contribution is 0.0746. The van der Waals surface area contributed by atoms with Gasteiger partial charge in [0.2, 0.25) is 0 Å². The van der Waals surface area contributed by atoms with E-state index in [1.807, 2.05) is 33.8 Å².